The Labute approximate surface area is 111 Å². The van der Waals surface area contributed by atoms with E-state index in [1.54, 1.807) is 11.3 Å². The fourth-order valence-electron chi connectivity index (χ4n) is 2.01. The Morgan fingerprint density at radius 1 is 1.72 bits per heavy atom. The fraction of sp³-hybridized carbons (Fsp3) is 0.667. The Balaban J connectivity index is 1.71. The van der Waals surface area contributed by atoms with Crippen molar-refractivity contribution in [2.75, 3.05) is 6.61 Å². The van der Waals surface area contributed by atoms with Crippen LogP contribution in [0.3, 0.4) is 0 Å². The van der Waals surface area contributed by atoms with Gasteiger partial charge < -0.3 is 15.4 Å². The van der Waals surface area contributed by atoms with E-state index in [0.29, 0.717) is 6.54 Å². The van der Waals surface area contributed by atoms with Crippen molar-refractivity contribution < 1.29 is 9.53 Å². The second-order valence-electron chi connectivity index (χ2n) is 4.53. The molecule has 6 heteroatoms. The van der Waals surface area contributed by atoms with Crippen LogP contribution in [0.5, 0.6) is 0 Å². The minimum absolute atomic E-state index is 0.0460. The van der Waals surface area contributed by atoms with Crippen molar-refractivity contribution in [3.05, 3.63) is 16.1 Å². The first-order valence-electron chi connectivity index (χ1n) is 6.22. The van der Waals surface area contributed by atoms with E-state index >= 15 is 0 Å². The SMILES string of the molecule is Cc1nc(CNC(=O)NC(C)C2CCCO2)cs1. The molecule has 18 heavy (non-hydrogen) atoms. The Bertz CT molecular complexity index is 402. The molecule has 0 aromatic carbocycles. The molecule has 1 fully saturated rings. The van der Waals surface area contributed by atoms with E-state index in [0.717, 1.165) is 30.2 Å². The van der Waals surface area contributed by atoms with Crippen molar-refractivity contribution in [3.63, 3.8) is 0 Å². The summed E-state index contributed by atoms with van der Waals surface area (Å²) in [4.78, 5) is 16.0. The van der Waals surface area contributed by atoms with E-state index < -0.39 is 0 Å². The zero-order valence-electron chi connectivity index (χ0n) is 10.7. The number of hydrogen-bond acceptors (Lipinski definition) is 4. The topological polar surface area (TPSA) is 63.2 Å². The van der Waals surface area contributed by atoms with Crippen LogP contribution in [0, 0.1) is 6.92 Å². The van der Waals surface area contributed by atoms with Crippen LogP contribution >= 0.6 is 11.3 Å². The highest BCUT2D eigenvalue weighted by molar-refractivity contribution is 7.09. The summed E-state index contributed by atoms with van der Waals surface area (Å²) in [5, 5.41) is 8.68. The highest BCUT2D eigenvalue weighted by atomic mass is 32.1. The summed E-state index contributed by atoms with van der Waals surface area (Å²) in [6.45, 7) is 5.20. The number of carbonyl (C=O) groups excluding carboxylic acids is 1. The maximum atomic E-state index is 11.7. The summed E-state index contributed by atoms with van der Waals surface area (Å²) in [7, 11) is 0. The van der Waals surface area contributed by atoms with Gasteiger partial charge in [-0.3, -0.25) is 0 Å². The smallest absolute Gasteiger partial charge is 0.315 e. The minimum atomic E-state index is -0.163. The average Bonchev–Trinajstić information content (AvgIpc) is 2.97. The lowest BCUT2D eigenvalue weighted by Crippen LogP contribution is -2.45. The Kier molecular flexibility index (Phi) is 4.54. The van der Waals surface area contributed by atoms with Gasteiger partial charge in [-0.1, -0.05) is 0 Å². The molecule has 0 aliphatic carbocycles. The number of nitrogens with one attached hydrogen (secondary N) is 2. The third-order valence-corrected chi connectivity index (χ3v) is 3.80. The fourth-order valence-corrected chi connectivity index (χ4v) is 2.62. The number of carbonyl (C=O) groups is 1. The lowest BCUT2D eigenvalue weighted by molar-refractivity contribution is 0.0860. The molecular formula is C12H19N3O2S. The molecule has 0 saturated carbocycles. The van der Waals surface area contributed by atoms with Crippen LogP contribution in [0.15, 0.2) is 5.38 Å². The standard InChI is InChI=1S/C12H19N3O2S/c1-8(11-4-3-5-17-11)14-12(16)13-6-10-7-18-9(2)15-10/h7-8,11H,3-6H2,1-2H3,(H2,13,14,16). The van der Waals surface area contributed by atoms with Gasteiger partial charge in [0.1, 0.15) is 0 Å². The van der Waals surface area contributed by atoms with Gasteiger partial charge in [0.2, 0.25) is 0 Å². The van der Waals surface area contributed by atoms with E-state index in [1.165, 1.54) is 0 Å². The highest BCUT2D eigenvalue weighted by Gasteiger charge is 2.23. The predicted octanol–water partition coefficient (Wildman–Crippen LogP) is 1.82. The third-order valence-electron chi connectivity index (χ3n) is 2.98. The van der Waals surface area contributed by atoms with Crippen molar-refractivity contribution in [2.24, 2.45) is 0 Å². The van der Waals surface area contributed by atoms with Gasteiger partial charge in [0.25, 0.3) is 0 Å². The Morgan fingerprint density at radius 3 is 3.17 bits per heavy atom. The van der Waals surface area contributed by atoms with Gasteiger partial charge >= 0.3 is 6.03 Å². The molecule has 2 amide bonds. The van der Waals surface area contributed by atoms with Crippen molar-refractivity contribution in [2.45, 2.75) is 45.4 Å². The molecule has 0 spiro atoms. The van der Waals surface area contributed by atoms with Gasteiger partial charge in [-0.15, -0.1) is 11.3 Å². The van der Waals surface area contributed by atoms with Crippen LogP contribution in [-0.4, -0.2) is 29.8 Å². The first-order chi connectivity index (χ1) is 8.65. The summed E-state index contributed by atoms with van der Waals surface area (Å²) in [6.07, 6.45) is 2.25. The summed E-state index contributed by atoms with van der Waals surface area (Å²) >= 11 is 1.59. The zero-order valence-corrected chi connectivity index (χ0v) is 11.5. The zero-order chi connectivity index (χ0) is 13.0. The number of rotatable bonds is 4. The lowest BCUT2D eigenvalue weighted by Gasteiger charge is -2.20. The van der Waals surface area contributed by atoms with Gasteiger partial charge in [-0.05, 0) is 26.7 Å². The van der Waals surface area contributed by atoms with Crippen LogP contribution in [0.2, 0.25) is 0 Å². The normalized spacial score (nSPS) is 20.7. The first-order valence-corrected chi connectivity index (χ1v) is 7.10. The molecule has 5 nitrogen and oxygen atoms in total. The second kappa shape index (κ2) is 6.15. The number of nitrogens with zero attached hydrogens (tertiary/aromatic N) is 1. The van der Waals surface area contributed by atoms with E-state index in [9.17, 15) is 4.79 Å². The first kappa shape index (κ1) is 13.3. The number of aromatic nitrogens is 1. The maximum absolute atomic E-state index is 11.7. The molecule has 1 aliphatic rings. The molecule has 0 radical (unpaired) electrons. The molecule has 0 bridgehead atoms. The Morgan fingerprint density at radius 2 is 2.56 bits per heavy atom. The van der Waals surface area contributed by atoms with Crippen molar-refractivity contribution in [1.82, 2.24) is 15.6 Å². The number of aryl methyl sites for hydroxylation is 1. The minimum Gasteiger partial charge on any atom is -0.376 e. The van der Waals surface area contributed by atoms with E-state index in [2.05, 4.69) is 15.6 Å². The molecule has 2 rings (SSSR count). The number of amides is 2. The Hall–Kier alpha value is -1.14. The van der Waals surface area contributed by atoms with E-state index in [4.69, 9.17) is 4.74 Å². The summed E-state index contributed by atoms with van der Waals surface area (Å²) in [6, 6.07) is -0.117. The van der Waals surface area contributed by atoms with Crippen molar-refractivity contribution in [3.8, 4) is 0 Å². The number of hydrogen-bond donors (Lipinski definition) is 2. The van der Waals surface area contributed by atoms with Crippen molar-refractivity contribution >= 4 is 17.4 Å². The molecule has 1 aliphatic heterocycles. The van der Waals surface area contributed by atoms with Gasteiger partial charge in [0.15, 0.2) is 0 Å². The summed E-state index contributed by atoms with van der Waals surface area (Å²) < 4.78 is 5.53. The molecule has 1 aromatic heterocycles. The van der Waals surface area contributed by atoms with E-state index in [-0.39, 0.29) is 18.2 Å². The molecule has 2 unspecified atom stereocenters. The van der Waals surface area contributed by atoms with Gasteiger partial charge in [0, 0.05) is 12.0 Å². The molecule has 1 aromatic rings. The molecule has 1 saturated heterocycles. The molecule has 2 atom stereocenters. The van der Waals surface area contributed by atoms with Crippen LogP contribution in [0.4, 0.5) is 4.79 Å². The number of ether oxygens (including phenoxy) is 1. The van der Waals surface area contributed by atoms with Crippen LogP contribution in [0.25, 0.3) is 0 Å². The predicted molar refractivity (Wildman–Crippen MR) is 70.7 cm³/mol. The summed E-state index contributed by atoms with van der Waals surface area (Å²) in [5.74, 6) is 0. The van der Waals surface area contributed by atoms with Crippen molar-refractivity contribution in [1.29, 1.82) is 0 Å². The van der Waals surface area contributed by atoms with Gasteiger partial charge in [0.05, 0.1) is 29.4 Å². The highest BCUT2D eigenvalue weighted by Crippen LogP contribution is 2.15. The third kappa shape index (κ3) is 3.68. The molecule has 100 valence electrons. The number of thiazole rings is 1. The summed E-state index contributed by atoms with van der Waals surface area (Å²) in [5.41, 5.74) is 0.900. The van der Waals surface area contributed by atoms with Crippen LogP contribution in [0.1, 0.15) is 30.5 Å². The van der Waals surface area contributed by atoms with Crippen LogP contribution < -0.4 is 10.6 Å². The second-order valence-corrected chi connectivity index (χ2v) is 5.59. The molecular weight excluding hydrogens is 250 g/mol. The van der Waals surface area contributed by atoms with E-state index in [1.807, 2.05) is 19.2 Å². The quantitative estimate of drug-likeness (QED) is 0.876. The monoisotopic (exact) mass is 269 g/mol. The number of urea groups is 1. The molecule has 2 heterocycles. The van der Waals surface area contributed by atoms with Gasteiger partial charge in [-0.25, -0.2) is 9.78 Å². The average molecular weight is 269 g/mol. The van der Waals surface area contributed by atoms with Crippen LogP contribution in [-0.2, 0) is 11.3 Å². The van der Waals surface area contributed by atoms with Gasteiger partial charge in [-0.2, -0.15) is 0 Å². The molecule has 2 N–H and O–H groups in total. The lowest BCUT2D eigenvalue weighted by atomic mass is 10.1. The maximum Gasteiger partial charge on any atom is 0.315 e. The largest absolute Gasteiger partial charge is 0.376 e.